The summed E-state index contributed by atoms with van der Waals surface area (Å²) in [5.74, 6) is -0.194. The maximum Gasteiger partial charge on any atom is 0.160 e. The van der Waals surface area contributed by atoms with Gasteiger partial charge in [0, 0.05) is 0 Å². The molecule has 0 aliphatic heterocycles. The van der Waals surface area contributed by atoms with E-state index >= 15 is 0 Å². The molecule has 4 heteroatoms. The van der Waals surface area contributed by atoms with Crippen molar-refractivity contribution in [1.82, 2.24) is 0 Å². The van der Waals surface area contributed by atoms with E-state index in [1.807, 2.05) is 24.3 Å². The molecule has 0 aliphatic carbocycles. The lowest BCUT2D eigenvalue weighted by molar-refractivity contribution is -0.207. The topological polar surface area (TPSA) is 47.9 Å². The lowest BCUT2D eigenvalue weighted by Crippen LogP contribution is -2.30. The van der Waals surface area contributed by atoms with Gasteiger partial charge in [0.05, 0.1) is 26.4 Å². The SMILES string of the molecule is CCC[C@@H](CC/C=C\CCOCc1ccc(OC)cc1)OC(C)(C)O. The fraction of sp³-hybridized carbons (Fsp3) is 0.619. The van der Waals surface area contributed by atoms with Gasteiger partial charge in [-0.3, -0.25) is 0 Å². The Hall–Kier alpha value is -1.36. The third kappa shape index (κ3) is 11.0. The number of rotatable bonds is 13. The average molecular weight is 350 g/mol. The van der Waals surface area contributed by atoms with Crippen LogP contribution in [0.4, 0.5) is 0 Å². The summed E-state index contributed by atoms with van der Waals surface area (Å²) in [6.07, 6.45) is 9.27. The maximum atomic E-state index is 9.77. The molecule has 1 N–H and O–H groups in total. The van der Waals surface area contributed by atoms with Gasteiger partial charge in [-0.05, 0) is 57.2 Å². The Morgan fingerprint density at radius 2 is 1.76 bits per heavy atom. The maximum absolute atomic E-state index is 9.77. The van der Waals surface area contributed by atoms with Gasteiger partial charge >= 0.3 is 0 Å². The fourth-order valence-corrected chi connectivity index (χ4v) is 2.57. The van der Waals surface area contributed by atoms with E-state index in [4.69, 9.17) is 14.2 Å². The van der Waals surface area contributed by atoms with Gasteiger partial charge in [0.25, 0.3) is 0 Å². The van der Waals surface area contributed by atoms with Crippen molar-refractivity contribution in [1.29, 1.82) is 0 Å². The van der Waals surface area contributed by atoms with Crippen molar-refractivity contribution in [3.8, 4) is 5.75 Å². The van der Waals surface area contributed by atoms with Crippen LogP contribution in [0.25, 0.3) is 0 Å². The highest BCUT2D eigenvalue weighted by Crippen LogP contribution is 2.17. The molecule has 25 heavy (non-hydrogen) atoms. The van der Waals surface area contributed by atoms with E-state index in [0.717, 1.165) is 43.4 Å². The molecule has 0 heterocycles. The van der Waals surface area contributed by atoms with Crippen LogP contribution in [-0.4, -0.2) is 30.7 Å². The van der Waals surface area contributed by atoms with Gasteiger partial charge in [-0.1, -0.05) is 37.6 Å². The molecule has 0 radical (unpaired) electrons. The van der Waals surface area contributed by atoms with Gasteiger partial charge in [0.1, 0.15) is 5.75 Å². The Balaban J connectivity index is 2.14. The molecule has 0 saturated carbocycles. The van der Waals surface area contributed by atoms with Crippen molar-refractivity contribution in [2.24, 2.45) is 0 Å². The number of hydrogen-bond donors (Lipinski definition) is 1. The Bertz CT molecular complexity index is 474. The zero-order valence-electron chi connectivity index (χ0n) is 16.2. The van der Waals surface area contributed by atoms with Gasteiger partial charge in [-0.15, -0.1) is 0 Å². The van der Waals surface area contributed by atoms with Crippen LogP contribution in [-0.2, 0) is 16.1 Å². The van der Waals surface area contributed by atoms with E-state index < -0.39 is 5.79 Å². The molecule has 0 amide bonds. The normalized spacial score (nSPS) is 13.3. The van der Waals surface area contributed by atoms with Crippen LogP contribution in [0.1, 0.15) is 58.4 Å². The number of aliphatic hydroxyl groups is 1. The number of benzene rings is 1. The van der Waals surface area contributed by atoms with E-state index in [2.05, 4.69) is 19.1 Å². The number of ether oxygens (including phenoxy) is 3. The summed E-state index contributed by atoms with van der Waals surface area (Å²) < 4.78 is 16.5. The van der Waals surface area contributed by atoms with Gasteiger partial charge in [-0.25, -0.2) is 0 Å². The van der Waals surface area contributed by atoms with Gasteiger partial charge in [0.15, 0.2) is 5.79 Å². The first-order valence-corrected chi connectivity index (χ1v) is 9.20. The summed E-state index contributed by atoms with van der Waals surface area (Å²) in [6.45, 7) is 6.84. The Morgan fingerprint density at radius 1 is 1.08 bits per heavy atom. The molecular weight excluding hydrogens is 316 g/mol. The van der Waals surface area contributed by atoms with Gasteiger partial charge in [0.2, 0.25) is 0 Å². The second-order valence-corrected chi connectivity index (χ2v) is 6.71. The summed E-state index contributed by atoms with van der Waals surface area (Å²) in [7, 11) is 1.67. The Kier molecular flexibility index (Phi) is 10.5. The van der Waals surface area contributed by atoms with Crippen LogP contribution in [0.15, 0.2) is 36.4 Å². The highest BCUT2D eigenvalue weighted by atomic mass is 16.6. The predicted molar refractivity (Wildman–Crippen MR) is 102 cm³/mol. The largest absolute Gasteiger partial charge is 0.497 e. The second-order valence-electron chi connectivity index (χ2n) is 6.71. The Morgan fingerprint density at radius 3 is 2.36 bits per heavy atom. The standard InChI is InChI=1S/C21H34O4/c1-5-10-20(25-21(2,3)22)11-8-6-7-9-16-24-17-18-12-14-19(23-4)15-13-18/h6-7,12-15,20,22H,5,8-11,16-17H2,1-4H3/b7-6-/t20-/m0/s1. The van der Waals surface area contributed by atoms with E-state index in [0.29, 0.717) is 13.2 Å². The van der Waals surface area contributed by atoms with Crippen molar-refractivity contribution in [3.05, 3.63) is 42.0 Å². The minimum atomic E-state index is -1.06. The molecule has 142 valence electrons. The highest BCUT2D eigenvalue weighted by Gasteiger charge is 2.19. The van der Waals surface area contributed by atoms with E-state index in [1.165, 1.54) is 0 Å². The molecule has 0 bridgehead atoms. The molecule has 0 aliphatic rings. The molecule has 1 rings (SSSR count). The molecule has 0 fully saturated rings. The molecular formula is C21H34O4. The van der Waals surface area contributed by atoms with Crippen LogP contribution < -0.4 is 4.74 Å². The van der Waals surface area contributed by atoms with Crippen molar-refractivity contribution in [3.63, 3.8) is 0 Å². The smallest absolute Gasteiger partial charge is 0.160 e. The molecule has 0 aromatic heterocycles. The Labute approximate surface area is 152 Å². The first kappa shape index (κ1) is 21.7. The third-order valence-electron chi connectivity index (χ3n) is 3.74. The number of methoxy groups -OCH3 is 1. The molecule has 0 unspecified atom stereocenters. The van der Waals surface area contributed by atoms with Crippen LogP contribution in [0, 0.1) is 0 Å². The highest BCUT2D eigenvalue weighted by molar-refractivity contribution is 5.26. The first-order chi connectivity index (χ1) is 11.9. The van der Waals surface area contributed by atoms with Crippen LogP contribution in [0.3, 0.4) is 0 Å². The van der Waals surface area contributed by atoms with Crippen LogP contribution in [0.5, 0.6) is 5.75 Å². The average Bonchev–Trinajstić information content (AvgIpc) is 2.56. The first-order valence-electron chi connectivity index (χ1n) is 9.20. The number of hydrogen-bond acceptors (Lipinski definition) is 4. The van der Waals surface area contributed by atoms with Gasteiger partial charge in [-0.2, -0.15) is 0 Å². The minimum Gasteiger partial charge on any atom is -0.497 e. The summed E-state index contributed by atoms with van der Waals surface area (Å²) in [5.41, 5.74) is 1.15. The summed E-state index contributed by atoms with van der Waals surface area (Å²) in [5, 5.41) is 9.77. The van der Waals surface area contributed by atoms with E-state index in [9.17, 15) is 5.11 Å². The van der Waals surface area contributed by atoms with Crippen molar-refractivity contribution >= 4 is 0 Å². The molecule has 1 aromatic carbocycles. The van der Waals surface area contributed by atoms with E-state index in [1.54, 1.807) is 21.0 Å². The zero-order chi connectivity index (χ0) is 18.5. The molecule has 0 saturated heterocycles. The third-order valence-corrected chi connectivity index (χ3v) is 3.74. The van der Waals surface area contributed by atoms with Crippen molar-refractivity contribution < 1.29 is 19.3 Å². The second kappa shape index (κ2) is 12.1. The predicted octanol–water partition coefficient (Wildman–Crippen LogP) is 4.85. The minimum absolute atomic E-state index is 0.112. The monoisotopic (exact) mass is 350 g/mol. The van der Waals surface area contributed by atoms with Crippen molar-refractivity contribution in [2.75, 3.05) is 13.7 Å². The van der Waals surface area contributed by atoms with E-state index in [-0.39, 0.29) is 6.10 Å². The molecule has 4 nitrogen and oxygen atoms in total. The lowest BCUT2D eigenvalue weighted by atomic mass is 10.1. The number of allylic oxidation sites excluding steroid dienone is 1. The fourth-order valence-electron chi connectivity index (χ4n) is 2.57. The van der Waals surface area contributed by atoms with Crippen molar-refractivity contribution in [2.45, 2.75) is 71.4 Å². The molecule has 1 aromatic rings. The summed E-state index contributed by atoms with van der Waals surface area (Å²) in [6, 6.07) is 7.93. The lowest BCUT2D eigenvalue weighted by Gasteiger charge is -2.26. The summed E-state index contributed by atoms with van der Waals surface area (Å²) >= 11 is 0. The summed E-state index contributed by atoms with van der Waals surface area (Å²) in [4.78, 5) is 0. The van der Waals surface area contributed by atoms with Crippen LogP contribution in [0.2, 0.25) is 0 Å². The quantitative estimate of drug-likeness (QED) is 0.314. The zero-order valence-corrected chi connectivity index (χ0v) is 16.2. The van der Waals surface area contributed by atoms with Gasteiger partial charge < -0.3 is 19.3 Å². The molecule has 1 atom stereocenters. The molecule has 0 spiro atoms. The van der Waals surface area contributed by atoms with Crippen LogP contribution >= 0.6 is 0 Å².